The number of thiazole rings is 1. The molecule has 0 fully saturated rings. The fourth-order valence-corrected chi connectivity index (χ4v) is 3.54. The first-order valence-electron chi connectivity index (χ1n) is 8.66. The molecule has 3 aromatic rings. The van der Waals surface area contributed by atoms with E-state index in [1.165, 1.54) is 14.1 Å². The van der Waals surface area contributed by atoms with Gasteiger partial charge in [-0.1, -0.05) is 26.0 Å². The molecule has 26 heavy (non-hydrogen) atoms. The van der Waals surface area contributed by atoms with Gasteiger partial charge in [-0.15, -0.1) is 16.0 Å². The second kappa shape index (κ2) is 7.23. The second-order valence-electron chi connectivity index (χ2n) is 7.36. The molecule has 1 aromatic carbocycles. The van der Waals surface area contributed by atoms with Gasteiger partial charge in [0, 0.05) is 22.8 Å². The lowest BCUT2D eigenvalue weighted by Crippen LogP contribution is -2.43. The highest BCUT2D eigenvalue weighted by molar-refractivity contribution is 7.15. The Bertz CT molecular complexity index is 919. The van der Waals surface area contributed by atoms with E-state index in [-0.39, 0.29) is 12.3 Å². The van der Waals surface area contributed by atoms with Gasteiger partial charge < -0.3 is 9.14 Å². The zero-order valence-corrected chi connectivity index (χ0v) is 16.4. The van der Waals surface area contributed by atoms with Crippen molar-refractivity contribution in [3.8, 4) is 16.9 Å². The fourth-order valence-electron chi connectivity index (χ4n) is 2.60. The average Bonchev–Trinajstić information content (AvgIpc) is 3.14. The Morgan fingerprint density at radius 3 is 2.73 bits per heavy atom. The summed E-state index contributed by atoms with van der Waals surface area (Å²) < 4.78 is 7.18. The van der Waals surface area contributed by atoms with Crippen molar-refractivity contribution < 1.29 is 19.4 Å². The number of amides is 1. The van der Waals surface area contributed by atoms with E-state index in [9.17, 15) is 10.0 Å². The molecule has 0 spiro atoms. The van der Waals surface area contributed by atoms with E-state index in [2.05, 4.69) is 26.0 Å². The van der Waals surface area contributed by atoms with Gasteiger partial charge in [-0.25, -0.2) is 10.0 Å². The summed E-state index contributed by atoms with van der Waals surface area (Å²) in [6.45, 7) is 4.94. The Labute approximate surface area is 157 Å². The molecule has 0 radical (unpaired) electrons. The van der Waals surface area contributed by atoms with Crippen LogP contribution in [0.3, 0.4) is 0 Å². The summed E-state index contributed by atoms with van der Waals surface area (Å²) in [5, 5.41) is 11.8. The first-order chi connectivity index (χ1) is 12.2. The van der Waals surface area contributed by atoms with E-state index in [0.29, 0.717) is 12.5 Å². The van der Waals surface area contributed by atoms with Crippen LogP contribution in [0, 0.1) is 5.92 Å². The highest BCUT2D eigenvalue weighted by Crippen LogP contribution is 2.29. The van der Waals surface area contributed by atoms with Crippen molar-refractivity contribution in [1.29, 1.82) is 0 Å². The average molecular weight is 373 g/mol. The van der Waals surface area contributed by atoms with Crippen molar-refractivity contribution in [3.05, 3.63) is 47.6 Å². The van der Waals surface area contributed by atoms with Crippen LogP contribution >= 0.6 is 11.3 Å². The van der Waals surface area contributed by atoms with Crippen LogP contribution in [0.4, 0.5) is 0 Å². The van der Waals surface area contributed by atoms with Crippen LogP contribution in [0.1, 0.15) is 19.5 Å². The number of hydrogen-bond acceptors (Lipinski definition) is 4. The van der Waals surface area contributed by atoms with Gasteiger partial charge in [-0.2, -0.15) is 0 Å². The van der Waals surface area contributed by atoms with E-state index in [1.54, 1.807) is 11.3 Å². The topological polar surface area (TPSA) is 50.9 Å². The summed E-state index contributed by atoms with van der Waals surface area (Å²) in [6.07, 6.45) is 2.22. The number of aromatic nitrogens is 1. The molecular weight excluding hydrogens is 348 g/mol. The van der Waals surface area contributed by atoms with Crippen molar-refractivity contribution in [2.75, 3.05) is 20.7 Å². The molecule has 0 unspecified atom stereocenters. The third-order valence-electron chi connectivity index (χ3n) is 4.10. The van der Waals surface area contributed by atoms with E-state index >= 15 is 0 Å². The van der Waals surface area contributed by atoms with Crippen molar-refractivity contribution >= 4 is 22.1 Å². The predicted molar refractivity (Wildman–Crippen MR) is 104 cm³/mol. The maximum Gasteiger partial charge on any atom is 0.351 e. The Balaban J connectivity index is 1.86. The van der Waals surface area contributed by atoms with Gasteiger partial charge in [-0.05, 0) is 29.7 Å². The minimum absolute atomic E-state index is 0.190. The Morgan fingerprint density at radius 1 is 1.27 bits per heavy atom. The lowest BCUT2D eigenvalue weighted by atomic mass is 10.1. The van der Waals surface area contributed by atoms with Gasteiger partial charge in [0.25, 0.3) is 0 Å². The molecule has 0 saturated carbocycles. The minimum atomic E-state index is -0.666. The molecule has 0 aliphatic carbocycles. The Morgan fingerprint density at radius 2 is 2.04 bits per heavy atom. The third kappa shape index (κ3) is 4.15. The molecule has 0 bridgehead atoms. The lowest BCUT2D eigenvalue weighted by Gasteiger charge is -2.15. The molecule has 3 rings (SSSR count). The molecule has 0 saturated heterocycles. The second-order valence-corrected chi connectivity index (χ2v) is 8.25. The molecule has 138 valence electrons. The Kier molecular flexibility index (Phi) is 5.18. The molecule has 2 heterocycles. The van der Waals surface area contributed by atoms with Crippen molar-refractivity contribution in [1.82, 2.24) is 4.40 Å². The van der Waals surface area contributed by atoms with E-state index in [4.69, 9.17) is 4.74 Å². The molecule has 0 aliphatic heterocycles. The van der Waals surface area contributed by atoms with E-state index in [1.807, 2.05) is 34.2 Å². The van der Waals surface area contributed by atoms with Crippen LogP contribution in [0.15, 0.2) is 41.9 Å². The zero-order valence-electron chi connectivity index (χ0n) is 15.6. The van der Waals surface area contributed by atoms with E-state index < -0.39 is 4.65 Å². The fraction of sp³-hybridized carbons (Fsp3) is 0.350. The van der Waals surface area contributed by atoms with Crippen molar-refractivity contribution in [2.45, 2.75) is 20.3 Å². The molecule has 2 aromatic heterocycles. The molecular formula is C20H25N2O3S+. The van der Waals surface area contributed by atoms with Gasteiger partial charge in [0.15, 0.2) is 0 Å². The highest BCUT2D eigenvalue weighted by atomic mass is 32.1. The third-order valence-corrected chi connectivity index (χ3v) is 5.05. The normalized spacial score (nSPS) is 12.1. The summed E-state index contributed by atoms with van der Waals surface area (Å²) in [6, 6.07) is 10.2. The first kappa shape index (κ1) is 18.6. The number of quaternary nitrogens is 1. The van der Waals surface area contributed by atoms with Crippen LogP contribution < -0.4 is 4.74 Å². The molecule has 1 N–H and O–H groups in total. The minimum Gasteiger partial charge on any atom is -0.493 e. The molecule has 0 aliphatic rings. The summed E-state index contributed by atoms with van der Waals surface area (Å²) in [7, 11) is 2.94. The number of carbonyl (C=O) groups excluding carboxylic acids is 1. The van der Waals surface area contributed by atoms with Crippen LogP contribution in [0.25, 0.3) is 16.0 Å². The standard InChI is InChI=1S/C20H25N2O3S/c1-14(2)12-25-18-7-5-6-15(8-18)16-9-19-21(11-16)17(13-26-19)10-20(23)22(3,4)24/h5-9,11,13-14,24H,10,12H2,1-4H3/q+1. The van der Waals surface area contributed by atoms with Crippen LogP contribution in [-0.2, 0) is 11.2 Å². The molecule has 1 amide bonds. The smallest absolute Gasteiger partial charge is 0.351 e. The van der Waals surface area contributed by atoms with Gasteiger partial charge >= 0.3 is 5.91 Å². The van der Waals surface area contributed by atoms with Crippen LogP contribution in [-0.4, -0.2) is 40.9 Å². The molecule has 5 nitrogen and oxygen atoms in total. The van der Waals surface area contributed by atoms with Crippen LogP contribution in [0.2, 0.25) is 0 Å². The van der Waals surface area contributed by atoms with Crippen molar-refractivity contribution in [3.63, 3.8) is 0 Å². The van der Waals surface area contributed by atoms with Gasteiger partial charge in [0.1, 0.15) is 26.3 Å². The number of carbonyl (C=O) groups is 1. The summed E-state index contributed by atoms with van der Waals surface area (Å²) >= 11 is 1.59. The number of hydroxylamine groups is 3. The number of ether oxygens (including phenoxy) is 1. The Hall–Kier alpha value is -2.15. The number of hydrogen-bond donors (Lipinski definition) is 1. The van der Waals surface area contributed by atoms with E-state index in [0.717, 1.165) is 27.4 Å². The molecule has 0 atom stereocenters. The van der Waals surface area contributed by atoms with Gasteiger partial charge in [0.2, 0.25) is 0 Å². The predicted octanol–water partition coefficient (Wildman–Crippen LogP) is 4.24. The molecule has 6 heteroatoms. The lowest BCUT2D eigenvalue weighted by molar-refractivity contribution is -1.01. The summed E-state index contributed by atoms with van der Waals surface area (Å²) in [5.41, 5.74) is 3.05. The van der Waals surface area contributed by atoms with Gasteiger partial charge in [-0.3, -0.25) is 0 Å². The zero-order chi connectivity index (χ0) is 18.9. The highest BCUT2D eigenvalue weighted by Gasteiger charge is 2.25. The maximum atomic E-state index is 12.1. The van der Waals surface area contributed by atoms with Crippen molar-refractivity contribution in [2.24, 2.45) is 5.92 Å². The maximum absolute atomic E-state index is 12.1. The number of nitrogens with zero attached hydrogens (tertiary/aromatic N) is 2. The van der Waals surface area contributed by atoms with Gasteiger partial charge in [0.05, 0.1) is 11.4 Å². The first-order valence-corrected chi connectivity index (χ1v) is 9.54. The quantitative estimate of drug-likeness (QED) is 0.399. The number of benzene rings is 1. The monoisotopic (exact) mass is 373 g/mol. The number of rotatable bonds is 6. The summed E-state index contributed by atoms with van der Waals surface area (Å²) in [5.74, 6) is 1.09. The number of likely N-dealkylation sites (N-methyl/N-ethyl adjacent to an activating group) is 1. The SMILES string of the molecule is CC(C)COc1cccc(-c2cc3scc(CC(=O)[N+](C)(C)O)n3c2)c1. The summed E-state index contributed by atoms with van der Waals surface area (Å²) in [4.78, 5) is 13.2. The largest absolute Gasteiger partial charge is 0.493 e. The number of fused-ring (bicyclic) bond motifs is 1. The van der Waals surface area contributed by atoms with Crippen LogP contribution in [0.5, 0.6) is 5.75 Å².